The standard InChI is InChI=1S/C19H26O6S/c1-13(7-11-26(22,23)24)25-16-3-2-14-4-8-19(17(14)12-16)9-5-15(6-10-19)18(20)21/h2-3,12-13,15H,4-11H2,1H3,(H,20,21)(H,22,23,24). The van der Waals surface area contributed by atoms with E-state index in [0.29, 0.717) is 18.6 Å². The van der Waals surface area contributed by atoms with Gasteiger partial charge in [-0.25, -0.2) is 0 Å². The number of carbonyl (C=O) groups is 1. The molecule has 26 heavy (non-hydrogen) atoms. The predicted octanol–water partition coefficient (Wildman–Crippen LogP) is 3.19. The van der Waals surface area contributed by atoms with E-state index >= 15 is 0 Å². The molecule has 7 heteroatoms. The summed E-state index contributed by atoms with van der Waals surface area (Å²) in [6, 6.07) is 6.02. The lowest BCUT2D eigenvalue weighted by atomic mass is 9.67. The zero-order chi connectivity index (χ0) is 18.9. The monoisotopic (exact) mass is 382 g/mol. The van der Waals surface area contributed by atoms with Crippen molar-refractivity contribution >= 4 is 16.1 Å². The molecule has 1 saturated carbocycles. The van der Waals surface area contributed by atoms with Crippen LogP contribution in [0, 0.1) is 5.92 Å². The van der Waals surface area contributed by atoms with E-state index in [2.05, 4.69) is 6.07 Å². The molecule has 0 saturated heterocycles. The van der Waals surface area contributed by atoms with Crippen LogP contribution in [0.15, 0.2) is 18.2 Å². The highest BCUT2D eigenvalue weighted by atomic mass is 32.2. The summed E-state index contributed by atoms with van der Waals surface area (Å²) in [7, 11) is -3.98. The smallest absolute Gasteiger partial charge is 0.306 e. The van der Waals surface area contributed by atoms with Crippen LogP contribution in [0.1, 0.15) is 56.6 Å². The highest BCUT2D eigenvalue weighted by Crippen LogP contribution is 2.50. The van der Waals surface area contributed by atoms with E-state index in [1.807, 2.05) is 12.1 Å². The van der Waals surface area contributed by atoms with Crippen LogP contribution in [0.25, 0.3) is 0 Å². The number of aliphatic carboxylic acids is 1. The molecule has 3 rings (SSSR count). The van der Waals surface area contributed by atoms with Gasteiger partial charge in [0.2, 0.25) is 0 Å². The number of carboxylic acids is 1. The molecule has 0 aliphatic heterocycles. The Labute approximate surface area is 154 Å². The second-order valence-corrected chi connectivity index (χ2v) is 9.29. The summed E-state index contributed by atoms with van der Waals surface area (Å²) in [4.78, 5) is 11.2. The first-order chi connectivity index (χ1) is 12.2. The predicted molar refractivity (Wildman–Crippen MR) is 97.2 cm³/mol. The van der Waals surface area contributed by atoms with Gasteiger partial charge in [-0.15, -0.1) is 0 Å². The Balaban J connectivity index is 1.71. The maximum absolute atomic E-state index is 11.2. The lowest BCUT2D eigenvalue weighted by molar-refractivity contribution is -0.143. The second-order valence-electron chi connectivity index (χ2n) is 7.71. The van der Waals surface area contributed by atoms with Gasteiger partial charge >= 0.3 is 5.97 Å². The van der Waals surface area contributed by atoms with Crippen molar-refractivity contribution in [3.63, 3.8) is 0 Å². The first-order valence-electron chi connectivity index (χ1n) is 9.17. The molecular weight excluding hydrogens is 356 g/mol. The zero-order valence-corrected chi connectivity index (χ0v) is 15.8. The van der Waals surface area contributed by atoms with Crippen molar-refractivity contribution in [1.29, 1.82) is 0 Å². The van der Waals surface area contributed by atoms with E-state index in [4.69, 9.17) is 9.29 Å². The van der Waals surface area contributed by atoms with Gasteiger partial charge < -0.3 is 9.84 Å². The summed E-state index contributed by atoms with van der Waals surface area (Å²) in [6.45, 7) is 1.78. The average molecular weight is 382 g/mol. The van der Waals surface area contributed by atoms with Crippen LogP contribution < -0.4 is 4.74 Å². The summed E-state index contributed by atoms with van der Waals surface area (Å²) in [6.07, 6.45) is 5.16. The van der Waals surface area contributed by atoms with Crippen molar-refractivity contribution in [2.24, 2.45) is 5.92 Å². The van der Waals surface area contributed by atoms with Gasteiger partial charge in [0, 0.05) is 6.42 Å². The Bertz CT molecular complexity index is 777. The molecule has 2 aliphatic rings. The zero-order valence-electron chi connectivity index (χ0n) is 15.0. The molecular formula is C19H26O6S. The van der Waals surface area contributed by atoms with Gasteiger partial charge in [0.25, 0.3) is 10.1 Å². The molecule has 1 unspecified atom stereocenters. The quantitative estimate of drug-likeness (QED) is 0.733. The summed E-state index contributed by atoms with van der Waals surface area (Å²) < 4.78 is 36.5. The van der Waals surface area contributed by atoms with Crippen molar-refractivity contribution in [1.82, 2.24) is 0 Å². The largest absolute Gasteiger partial charge is 0.491 e. The third kappa shape index (κ3) is 4.20. The van der Waals surface area contributed by atoms with Crippen molar-refractivity contribution < 1.29 is 27.6 Å². The minimum Gasteiger partial charge on any atom is -0.491 e. The molecule has 144 valence electrons. The van der Waals surface area contributed by atoms with E-state index in [1.165, 1.54) is 11.1 Å². The second kappa shape index (κ2) is 7.19. The third-order valence-electron chi connectivity index (χ3n) is 5.94. The topological polar surface area (TPSA) is 101 Å². The van der Waals surface area contributed by atoms with Crippen molar-refractivity contribution in [3.05, 3.63) is 29.3 Å². The van der Waals surface area contributed by atoms with Gasteiger partial charge in [-0.1, -0.05) is 6.07 Å². The number of carboxylic acid groups (broad SMARTS) is 1. The van der Waals surface area contributed by atoms with E-state index in [0.717, 1.165) is 25.7 Å². The lowest BCUT2D eigenvalue weighted by Crippen LogP contribution is -2.32. The van der Waals surface area contributed by atoms with Crippen LogP contribution in [0.3, 0.4) is 0 Å². The van der Waals surface area contributed by atoms with Crippen LogP contribution in [0.5, 0.6) is 5.75 Å². The summed E-state index contributed by atoms with van der Waals surface area (Å²) >= 11 is 0. The molecule has 1 aromatic carbocycles. The number of hydrogen-bond donors (Lipinski definition) is 2. The Kier molecular flexibility index (Phi) is 5.30. The Hall–Kier alpha value is -1.60. The molecule has 6 nitrogen and oxygen atoms in total. The molecule has 0 radical (unpaired) electrons. The molecule has 1 atom stereocenters. The maximum Gasteiger partial charge on any atom is 0.306 e. The lowest BCUT2D eigenvalue weighted by Gasteiger charge is -2.37. The minimum absolute atomic E-state index is 0.0539. The maximum atomic E-state index is 11.2. The minimum atomic E-state index is -3.98. The number of benzene rings is 1. The van der Waals surface area contributed by atoms with Crippen LogP contribution in [0.4, 0.5) is 0 Å². The first kappa shape index (κ1) is 19.2. The Morgan fingerprint density at radius 1 is 1.31 bits per heavy atom. The molecule has 0 bridgehead atoms. The van der Waals surface area contributed by atoms with E-state index in [1.54, 1.807) is 6.92 Å². The SMILES string of the molecule is CC(CCS(=O)(=O)O)Oc1ccc2c(c1)C1(CC2)CCC(C(=O)O)CC1. The number of rotatable bonds is 6. The molecule has 2 aliphatic carbocycles. The number of ether oxygens (including phenoxy) is 1. The fourth-order valence-corrected chi connectivity index (χ4v) is 5.02. The summed E-state index contributed by atoms with van der Waals surface area (Å²) in [5.74, 6) is -0.541. The number of hydrogen-bond acceptors (Lipinski definition) is 4. The molecule has 1 spiro atoms. The summed E-state index contributed by atoms with van der Waals surface area (Å²) in [5, 5.41) is 9.24. The Morgan fingerprint density at radius 3 is 2.62 bits per heavy atom. The molecule has 0 aromatic heterocycles. The van der Waals surface area contributed by atoms with Crippen molar-refractivity contribution in [2.75, 3.05) is 5.75 Å². The fourth-order valence-electron chi connectivity index (χ4n) is 4.39. The van der Waals surface area contributed by atoms with Crippen LogP contribution in [-0.4, -0.2) is 35.9 Å². The number of aryl methyl sites for hydroxylation is 1. The Morgan fingerprint density at radius 2 is 2.00 bits per heavy atom. The third-order valence-corrected chi connectivity index (χ3v) is 6.69. The van der Waals surface area contributed by atoms with E-state index in [-0.39, 0.29) is 29.6 Å². The molecule has 0 amide bonds. The highest BCUT2D eigenvalue weighted by molar-refractivity contribution is 7.85. The van der Waals surface area contributed by atoms with Gasteiger partial charge in [-0.3, -0.25) is 9.35 Å². The van der Waals surface area contributed by atoms with Gasteiger partial charge in [0.05, 0.1) is 17.8 Å². The van der Waals surface area contributed by atoms with Crippen molar-refractivity contribution in [3.8, 4) is 5.75 Å². The first-order valence-corrected chi connectivity index (χ1v) is 10.8. The van der Waals surface area contributed by atoms with Gasteiger partial charge in [-0.05, 0) is 74.1 Å². The molecule has 1 fully saturated rings. The van der Waals surface area contributed by atoms with E-state index in [9.17, 15) is 18.3 Å². The molecule has 0 heterocycles. The molecule has 2 N–H and O–H groups in total. The molecule has 1 aromatic rings. The highest BCUT2D eigenvalue weighted by Gasteiger charge is 2.43. The number of fused-ring (bicyclic) bond motifs is 2. The van der Waals surface area contributed by atoms with Gasteiger partial charge in [-0.2, -0.15) is 8.42 Å². The van der Waals surface area contributed by atoms with Crippen LogP contribution >= 0.6 is 0 Å². The van der Waals surface area contributed by atoms with Crippen molar-refractivity contribution in [2.45, 2.75) is 63.4 Å². The van der Waals surface area contributed by atoms with Crippen LogP contribution in [0.2, 0.25) is 0 Å². The van der Waals surface area contributed by atoms with Gasteiger partial charge in [0.15, 0.2) is 0 Å². The summed E-state index contributed by atoms with van der Waals surface area (Å²) in [5.41, 5.74) is 2.62. The fraction of sp³-hybridized carbons (Fsp3) is 0.632. The van der Waals surface area contributed by atoms with Crippen LogP contribution in [-0.2, 0) is 26.7 Å². The average Bonchev–Trinajstić information content (AvgIpc) is 2.91. The van der Waals surface area contributed by atoms with Gasteiger partial charge in [0.1, 0.15) is 5.75 Å². The normalized spacial score (nSPS) is 26.5. The van der Waals surface area contributed by atoms with E-state index < -0.39 is 16.1 Å².